The topological polar surface area (TPSA) is 188 Å². The number of esters is 1. The van der Waals surface area contributed by atoms with Crippen LogP contribution >= 0.6 is 7.75 Å². The first kappa shape index (κ1) is 58.8. The highest BCUT2D eigenvalue weighted by Crippen LogP contribution is 2.49. The van der Waals surface area contributed by atoms with Gasteiger partial charge >= 0.3 is 25.9 Å². The summed E-state index contributed by atoms with van der Waals surface area (Å²) >= 11 is 0. The van der Waals surface area contributed by atoms with Crippen LogP contribution in [0.25, 0.3) is 11.2 Å². The van der Waals surface area contributed by atoms with E-state index < -0.39 is 56.5 Å². The summed E-state index contributed by atoms with van der Waals surface area (Å²) in [5, 5.41) is 2.87. The number of unbranched alkanes of at least 4 members (excludes halogenated alkanes) is 22. The van der Waals surface area contributed by atoms with E-state index in [1.54, 1.807) is 30.3 Å². The number of terminal acetylenes is 1. The molecule has 3 N–H and O–H groups in total. The monoisotopic (exact) mass is 1030 g/mol. The average molecular weight is 1030 g/mol. The molecule has 0 unspecified atom stereocenters. The van der Waals surface area contributed by atoms with Gasteiger partial charge in [0.05, 0.1) is 19.5 Å². The van der Waals surface area contributed by atoms with E-state index in [1.807, 2.05) is 30.3 Å². The van der Waals surface area contributed by atoms with Gasteiger partial charge in [-0.3, -0.25) is 13.9 Å². The predicted octanol–water partition coefficient (Wildman–Crippen LogP) is 13.7. The van der Waals surface area contributed by atoms with E-state index in [-0.39, 0.29) is 48.8 Å². The maximum Gasteiger partial charge on any atom is 0.508 e. The lowest BCUT2D eigenvalue weighted by molar-refractivity contribution is -0.146. The smallest absolute Gasteiger partial charge is 0.465 e. The quantitative estimate of drug-likeness (QED) is 0.0142. The number of rotatable bonds is 38. The van der Waals surface area contributed by atoms with Gasteiger partial charge in [0.1, 0.15) is 24.6 Å². The number of aromatic nitrogens is 4. The number of fused-ring (bicyclic) bond motifs is 1. The van der Waals surface area contributed by atoms with Crippen LogP contribution in [-0.2, 0) is 39.3 Å². The highest BCUT2D eigenvalue weighted by molar-refractivity contribution is 7.52. The van der Waals surface area contributed by atoms with Crippen LogP contribution in [0.4, 0.5) is 15.0 Å². The van der Waals surface area contributed by atoms with Gasteiger partial charge in [-0.2, -0.15) is 19.4 Å². The number of carbonyl (C=O) groups is 2. The third-order valence-electron chi connectivity index (χ3n) is 13.3. The number of hydrogen-bond donors (Lipinski definition) is 2. The van der Waals surface area contributed by atoms with E-state index >= 15 is 4.57 Å². The summed E-state index contributed by atoms with van der Waals surface area (Å²) in [6.07, 6.45) is 31.8. The van der Waals surface area contributed by atoms with Crippen molar-refractivity contribution in [2.45, 2.75) is 205 Å². The number of nitrogens with two attached hydrogens (primary N) is 1. The van der Waals surface area contributed by atoms with Crippen LogP contribution in [0.3, 0.4) is 0 Å². The molecule has 0 spiro atoms. The second-order valence-electron chi connectivity index (χ2n) is 19.2. The summed E-state index contributed by atoms with van der Waals surface area (Å²) in [4.78, 5) is 38.9. The lowest BCUT2D eigenvalue weighted by atomic mass is 9.99. The van der Waals surface area contributed by atoms with E-state index in [9.17, 15) is 14.0 Å². The fraction of sp³-hybridized carbons (Fsp3) is 0.625. The van der Waals surface area contributed by atoms with Crippen molar-refractivity contribution < 1.29 is 46.5 Å². The molecule has 1 aliphatic heterocycles. The number of hydrogen-bond acceptors (Lipinski definition) is 13. The Balaban J connectivity index is 1.18. The fourth-order valence-corrected chi connectivity index (χ4v) is 10.6. The van der Waals surface area contributed by atoms with Crippen LogP contribution in [0.5, 0.6) is 5.75 Å². The number of nitrogen functional groups attached to an aromatic ring is 1. The maximum absolute atomic E-state index is 15.2. The van der Waals surface area contributed by atoms with Crippen molar-refractivity contribution in [1.82, 2.24) is 24.6 Å². The van der Waals surface area contributed by atoms with E-state index in [1.165, 1.54) is 114 Å². The van der Waals surface area contributed by atoms with Crippen molar-refractivity contribution in [1.29, 1.82) is 0 Å². The molecule has 3 heterocycles. The number of nitrogens with zero attached hydrogens (tertiary/aromatic N) is 4. The number of benzene rings is 2. The van der Waals surface area contributed by atoms with Gasteiger partial charge in [0.25, 0.3) is 0 Å². The number of anilines is 1. The highest BCUT2D eigenvalue weighted by atomic mass is 31.2. The predicted molar refractivity (Wildman–Crippen MR) is 283 cm³/mol. The molecule has 17 heteroatoms. The van der Waals surface area contributed by atoms with Crippen LogP contribution in [0.1, 0.15) is 186 Å². The Bertz CT molecular complexity index is 2280. The average Bonchev–Trinajstić information content (AvgIpc) is 3.98. The molecule has 0 amide bonds. The van der Waals surface area contributed by atoms with Gasteiger partial charge in [-0.1, -0.05) is 210 Å². The minimum Gasteiger partial charge on any atom is -0.465 e. The second kappa shape index (κ2) is 33.0. The zero-order valence-corrected chi connectivity index (χ0v) is 44.4. The zero-order valence-electron chi connectivity index (χ0n) is 43.5. The molecule has 0 saturated carbocycles. The first-order valence-corrected chi connectivity index (χ1v) is 28.7. The lowest BCUT2D eigenvalue weighted by Crippen LogP contribution is -2.46. The number of carbonyl (C=O) groups excluding carboxylic acids is 2. The Morgan fingerprint density at radius 1 is 0.795 bits per heavy atom. The van der Waals surface area contributed by atoms with E-state index in [4.69, 9.17) is 40.2 Å². The summed E-state index contributed by atoms with van der Waals surface area (Å²) < 4.78 is 66.8. The zero-order chi connectivity index (χ0) is 52.0. The molecule has 402 valence electrons. The van der Waals surface area contributed by atoms with Crippen LogP contribution in [0, 0.1) is 18.4 Å². The Morgan fingerprint density at radius 2 is 1.32 bits per heavy atom. The Morgan fingerprint density at radius 3 is 1.88 bits per heavy atom. The van der Waals surface area contributed by atoms with Crippen LogP contribution in [0.15, 0.2) is 67.0 Å². The first-order valence-electron chi connectivity index (χ1n) is 27.2. The lowest BCUT2D eigenvalue weighted by Gasteiger charge is -2.31. The second-order valence-corrected chi connectivity index (χ2v) is 20.9. The van der Waals surface area contributed by atoms with Crippen molar-refractivity contribution in [3.63, 3.8) is 0 Å². The van der Waals surface area contributed by atoms with Crippen LogP contribution in [-0.4, -0.2) is 69.2 Å². The molecule has 1 aliphatic rings. The van der Waals surface area contributed by atoms with Crippen molar-refractivity contribution in [3.8, 4) is 18.1 Å². The molecule has 0 bridgehead atoms. The summed E-state index contributed by atoms with van der Waals surface area (Å²) in [5.41, 5.74) is 4.88. The van der Waals surface area contributed by atoms with Gasteiger partial charge in [0, 0.05) is 6.42 Å². The number of ether oxygens (including phenoxy) is 4. The number of para-hydroxylation sites is 1. The molecule has 1 saturated heterocycles. The number of halogens is 1. The van der Waals surface area contributed by atoms with E-state index in [0.717, 1.165) is 44.1 Å². The van der Waals surface area contributed by atoms with Crippen molar-refractivity contribution in [2.24, 2.45) is 0 Å². The van der Waals surface area contributed by atoms with Gasteiger partial charge < -0.3 is 29.2 Å². The van der Waals surface area contributed by atoms with E-state index in [0.29, 0.717) is 12.8 Å². The molecule has 1 fully saturated rings. The Hall–Kier alpha value is -5.07. The fourth-order valence-electron chi connectivity index (χ4n) is 9.05. The minimum atomic E-state index is -4.60. The Labute approximate surface area is 433 Å². The van der Waals surface area contributed by atoms with Crippen LogP contribution < -0.4 is 15.3 Å². The summed E-state index contributed by atoms with van der Waals surface area (Å²) in [6.45, 7) is 3.95. The molecule has 5 atom stereocenters. The maximum atomic E-state index is 15.2. The largest absolute Gasteiger partial charge is 0.508 e. The molecule has 4 aromatic rings. The van der Waals surface area contributed by atoms with Gasteiger partial charge in [-0.15, -0.1) is 6.42 Å². The third kappa shape index (κ3) is 20.6. The van der Waals surface area contributed by atoms with Crippen LogP contribution in [0.2, 0.25) is 0 Å². The molecule has 73 heavy (non-hydrogen) atoms. The van der Waals surface area contributed by atoms with Crippen molar-refractivity contribution in [3.05, 3.63) is 78.6 Å². The minimum absolute atomic E-state index is 0.00147. The van der Waals surface area contributed by atoms with Gasteiger partial charge in [0.2, 0.25) is 0 Å². The summed E-state index contributed by atoms with van der Waals surface area (Å²) in [6, 6.07) is 16.3. The SMILES string of the molecule is C#C[C@]1(CO[P@@](=O)(N[C@@H](Cc2ccccc2)C(=O)OCCCCCCCCCCCCCCCCCCCCCC)Oc2ccccc2)O[C@@H](n2cnc3c(N)nc(F)nc32)C[C@@H]1OC(=O)OCCCCCC. The normalized spacial score (nSPS) is 17.7. The molecule has 2 aromatic heterocycles. The molecule has 0 radical (unpaired) electrons. The third-order valence-corrected chi connectivity index (χ3v) is 14.8. The molecule has 5 rings (SSSR count). The molecular weight excluding hydrogens is 951 g/mol. The van der Waals surface area contributed by atoms with Crippen molar-refractivity contribution >= 4 is 36.9 Å². The van der Waals surface area contributed by atoms with Gasteiger partial charge in [0.15, 0.2) is 28.7 Å². The Kier molecular flexibility index (Phi) is 26.6. The first-order chi connectivity index (χ1) is 35.6. The molecule has 0 aliphatic carbocycles. The number of imidazole rings is 1. The molecular formula is C56H82FN6O9P. The van der Waals surface area contributed by atoms with Gasteiger partial charge in [-0.05, 0) is 37.0 Å². The summed E-state index contributed by atoms with van der Waals surface area (Å²) in [5.74, 6) is 1.90. The van der Waals surface area contributed by atoms with Gasteiger partial charge in [-0.25, -0.2) is 14.3 Å². The summed E-state index contributed by atoms with van der Waals surface area (Å²) in [7, 11) is -4.60. The molecule has 2 aromatic carbocycles. The standard InChI is InChI=1S/C56H82FN6O9P/c1-4-7-9-11-12-13-14-15-16-17-18-19-20-21-22-23-24-25-26-34-39-67-53(64)47(41-45-35-29-27-30-36-45)62-73(66,72-46-37-31-28-32-38-46)69-43-56(6-3)48(70-55(65)68-40-33-10-8-5-2)42-49(71-56)63-44-59-50-51(58)60-54(57)61-52(50)63/h3,27-32,35-38,44,47-49H,4-5,7-26,33-34,39-43H2,1-2H3,(H,62,66)(H2,58,60,61)/t47-,48-,49+,56+,73-/m0/s1. The number of nitrogens with one attached hydrogen (secondary N) is 1. The molecule has 15 nitrogen and oxygen atoms in total. The highest BCUT2D eigenvalue weighted by Gasteiger charge is 2.53. The van der Waals surface area contributed by atoms with Crippen molar-refractivity contribution in [2.75, 3.05) is 25.6 Å². The van der Waals surface area contributed by atoms with E-state index in [2.05, 4.69) is 39.8 Å².